The van der Waals surface area contributed by atoms with Crippen molar-refractivity contribution in [3.05, 3.63) is 87.8 Å². The van der Waals surface area contributed by atoms with Gasteiger partial charge >= 0.3 is 5.97 Å². The fraction of sp³-hybridized carbons (Fsp3) is 0.136. The quantitative estimate of drug-likeness (QED) is 0.547. The van der Waals surface area contributed by atoms with Crippen LogP contribution in [0.4, 0.5) is 8.78 Å². The Kier molecular flexibility index (Phi) is 4.91. The highest BCUT2D eigenvalue weighted by Crippen LogP contribution is 2.33. The molecule has 30 heavy (non-hydrogen) atoms. The van der Waals surface area contributed by atoms with Crippen molar-refractivity contribution in [3.8, 4) is 11.3 Å². The van der Waals surface area contributed by atoms with Gasteiger partial charge in [0.05, 0.1) is 12.2 Å². The molecule has 0 saturated heterocycles. The first-order valence-corrected chi connectivity index (χ1v) is 9.18. The fourth-order valence-electron chi connectivity index (χ4n) is 3.62. The van der Waals surface area contributed by atoms with Crippen LogP contribution in [0.15, 0.2) is 59.4 Å². The van der Waals surface area contributed by atoms with Crippen molar-refractivity contribution in [2.45, 2.75) is 20.0 Å². The smallest absolute Gasteiger partial charge is 0.323 e. The molecule has 0 aliphatic heterocycles. The zero-order chi connectivity index (χ0) is 21.4. The molecule has 0 amide bonds. The van der Waals surface area contributed by atoms with Crippen LogP contribution in [0, 0.1) is 18.6 Å². The molecular weight excluding hydrogens is 392 g/mol. The maximum absolute atomic E-state index is 14.1. The molecule has 0 aliphatic rings. The van der Waals surface area contributed by atoms with Crippen molar-refractivity contribution >= 4 is 16.9 Å². The summed E-state index contributed by atoms with van der Waals surface area (Å²) in [4.78, 5) is 23.6. The second-order valence-electron chi connectivity index (χ2n) is 6.88. The van der Waals surface area contributed by atoms with E-state index in [-0.39, 0.29) is 18.7 Å². The Labute approximate surface area is 169 Å². The van der Waals surface area contributed by atoms with Crippen LogP contribution < -0.4 is 5.56 Å². The van der Waals surface area contributed by atoms with Crippen LogP contribution in [0.1, 0.15) is 11.3 Å². The number of carboxylic acid groups (broad SMARTS) is 1. The number of rotatable bonds is 5. The molecule has 2 heterocycles. The molecule has 8 heteroatoms. The Bertz CT molecular complexity index is 1340. The Balaban J connectivity index is 1.86. The van der Waals surface area contributed by atoms with Crippen LogP contribution in [0.25, 0.3) is 22.2 Å². The van der Waals surface area contributed by atoms with Crippen LogP contribution in [0.2, 0.25) is 0 Å². The summed E-state index contributed by atoms with van der Waals surface area (Å²) in [5.74, 6) is -3.00. The van der Waals surface area contributed by atoms with E-state index in [2.05, 4.69) is 5.10 Å². The molecule has 0 fully saturated rings. The number of aliphatic carboxylic acids is 1. The molecule has 0 spiro atoms. The number of aromatic nitrogens is 3. The minimum Gasteiger partial charge on any atom is -0.480 e. The monoisotopic (exact) mass is 409 g/mol. The van der Waals surface area contributed by atoms with Gasteiger partial charge in [0, 0.05) is 33.8 Å². The van der Waals surface area contributed by atoms with Gasteiger partial charge in [-0.15, -0.1) is 0 Å². The van der Waals surface area contributed by atoms with Gasteiger partial charge in [-0.25, -0.2) is 13.5 Å². The predicted molar refractivity (Wildman–Crippen MR) is 107 cm³/mol. The lowest BCUT2D eigenvalue weighted by Crippen LogP contribution is -2.23. The van der Waals surface area contributed by atoms with Gasteiger partial charge in [-0.1, -0.05) is 30.3 Å². The summed E-state index contributed by atoms with van der Waals surface area (Å²) in [5.41, 5.74) is 2.06. The Morgan fingerprint density at radius 2 is 1.83 bits per heavy atom. The standard InChI is InChI=1S/C22H17F2N3O3/c1-13-21(15-6-2-3-8-18(15)26(13)12-20(29)30)17-9-10-19(28)27(25-17)11-14-5-4-7-16(23)22(14)24/h2-10H,11-12H2,1H3,(H,29,30). The molecule has 6 nitrogen and oxygen atoms in total. The largest absolute Gasteiger partial charge is 0.480 e. The van der Waals surface area contributed by atoms with Gasteiger partial charge in [0.25, 0.3) is 5.56 Å². The average Bonchev–Trinajstić information content (AvgIpc) is 2.98. The van der Waals surface area contributed by atoms with Crippen LogP contribution in [-0.4, -0.2) is 25.4 Å². The topological polar surface area (TPSA) is 77.1 Å². The van der Waals surface area contributed by atoms with Crippen LogP contribution >= 0.6 is 0 Å². The highest BCUT2D eigenvalue weighted by molar-refractivity contribution is 5.97. The van der Waals surface area contributed by atoms with Crippen molar-refractivity contribution in [1.82, 2.24) is 14.3 Å². The number of fused-ring (bicyclic) bond motifs is 1. The number of para-hydroxylation sites is 1. The summed E-state index contributed by atoms with van der Waals surface area (Å²) in [6, 6.07) is 13.9. The lowest BCUT2D eigenvalue weighted by Gasteiger charge is -2.09. The van der Waals surface area contributed by atoms with Gasteiger partial charge < -0.3 is 9.67 Å². The van der Waals surface area contributed by atoms with Gasteiger partial charge in [-0.3, -0.25) is 9.59 Å². The van der Waals surface area contributed by atoms with Gasteiger partial charge in [0.15, 0.2) is 11.6 Å². The van der Waals surface area contributed by atoms with Crippen molar-refractivity contribution in [2.75, 3.05) is 0 Å². The number of carbonyl (C=O) groups is 1. The summed E-state index contributed by atoms with van der Waals surface area (Å²) in [7, 11) is 0. The zero-order valence-corrected chi connectivity index (χ0v) is 16.0. The minimum atomic E-state index is -1.02. The first kappa shape index (κ1) is 19.5. The number of benzene rings is 2. The molecule has 2 aromatic heterocycles. The lowest BCUT2D eigenvalue weighted by molar-refractivity contribution is -0.137. The third-order valence-corrected chi connectivity index (χ3v) is 5.00. The molecule has 0 radical (unpaired) electrons. The average molecular weight is 409 g/mol. The van der Waals surface area contributed by atoms with Crippen LogP contribution in [-0.2, 0) is 17.9 Å². The van der Waals surface area contributed by atoms with Gasteiger partial charge in [0.1, 0.15) is 6.54 Å². The first-order chi connectivity index (χ1) is 14.4. The molecule has 0 saturated carbocycles. The number of carboxylic acids is 1. The van der Waals surface area contributed by atoms with E-state index in [1.165, 1.54) is 18.2 Å². The third kappa shape index (κ3) is 3.36. The molecule has 0 unspecified atom stereocenters. The van der Waals surface area contributed by atoms with Crippen molar-refractivity contribution < 1.29 is 18.7 Å². The Morgan fingerprint density at radius 3 is 2.60 bits per heavy atom. The van der Waals surface area contributed by atoms with E-state index in [9.17, 15) is 23.5 Å². The van der Waals surface area contributed by atoms with Crippen LogP contribution in [0.5, 0.6) is 0 Å². The molecule has 4 aromatic rings. The molecule has 152 valence electrons. The maximum Gasteiger partial charge on any atom is 0.323 e. The van der Waals surface area contributed by atoms with E-state index in [0.29, 0.717) is 17.0 Å². The number of hydrogen-bond donors (Lipinski definition) is 1. The fourth-order valence-corrected chi connectivity index (χ4v) is 3.62. The molecule has 2 aromatic carbocycles. The van der Waals surface area contributed by atoms with Crippen molar-refractivity contribution in [1.29, 1.82) is 0 Å². The SMILES string of the molecule is Cc1c(-c2ccc(=O)n(Cc3cccc(F)c3F)n2)c2ccccc2n1CC(=O)O. The van der Waals surface area contributed by atoms with E-state index in [1.807, 2.05) is 24.3 Å². The molecule has 0 aliphatic carbocycles. The second-order valence-corrected chi connectivity index (χ2v) is 6.88. The summed E-state index contributed by atoms with van der Waals surface area (Å²) in [6.45, 7) is 1.32. The lowest BCUT2D eigenvalue weighted by atomic mass is 10.1. The van der Waals surface area contributed by atoms with E-state index in [1.54, 1.807) is 17.6 Å². The van der Waals surface area contributed by atoms with Crippen LogP contribution in [0.3, 0.4) is 0 Å². The normalized spacial score (nSPS) is 11.2. The van der Waals surface area contributed by atoms with Gasteiger partial charge in [-0.2, -0.15) is 5.10 Å². The minimum absolute atomic E-state index is 0.00628. The molecular formula is C22H17F2N3O3. The maximum atomic E-state index is 14.1. The van der Waals surface area contributed by atoms with E-state index >= 15 is 0 Å². The highest BCUT2D eigenvalue weighted by atomic mass is 19.2. The third-order valence-electron chi connectivity index (χ3n) is 5.00. The number of halogens is 2. The van der Waals surface area contributed by atoms with Crippen molar-refractivity contribution in [3.63, 3.8) is 0 Å². The van der Waals surface area contributed by atoms with Gasteiger partial charge in [-0.05, 0) is 25.1 Å². The van der Waals surface area contributed by atoms with E-state index < -0.39 is 23.2 Å². The highest BCUT2D eigenvalue weighted by Gasteiger charge is 2.19. The van der Waals surface area contributed by atoms with Crippen molar-refractivity contribution in [2.24, 2.45) is 0 Å². The Morgan fingerprint density at radius 1 is 1.07 bits per heavy atom. The zero-order valence-electron chi connectivity index (χ0n) is 16.0. The Hall–Kier alpha value is -3.81. The molecule has 0 bridgehead atoms. The molecule has 0 atom stereocenters. The predicted octanol–water partition coefficient (Wildman–Crippen LogP) is 3.58. The van der Waals surface area contributed by atoms with E-state index in [4.69, 9.17) is 0 Å². The first-order valence-electron chi connectivity index (χ1n) is 9.18. The summed E-state index contributed by atoms with van der Waals surface area (Å²) >= 11 is 0. The van der Waals surface area contributed by atoms with Gasteiger partial charge in [0.2, 0.25) is 0 Å². The number of hydrogen-bond acceptors (Lipinski definition) is 3. The summed E-state index contributed by atoms with van der Waals surface area (Å²) < 4.78 is 30.3. The summed E-state index contributed by atoms with van der Waals surface area (Å²) in [6.07, 6.45) is 0. The molecule has 4 rings (SSSR count). The molecule has 1 N–H and O–H groups in total. The van der Waals surface area contributed by atoms with E-state index in [0.717, 1.165) is 21.7 Å². The summed E-state index contributed by atoms with van der Waals surface area (Å²) in [5, 5.41) is 14.4. The number of nitrogens with zero attached hydrogens (tertiary/aromatic N) is 3. The second kappa shape index (κ2) is 7.55.